The van der Waals surface area contributed by atoms with Gasteiger partial charge in [-0.3, -0.25) is 14.4 Å². The number of ether oxygens (including phenoxy) is 1. The largest absolute Gasteiger partial charge is 0.507 e. The Morgan fingerprint density at radius 1 is 1.03 bits per heavy atom. The van der Waals surface area contributed by atoms with Gasteiger partial charge in [-0.15, -0.1) is 0 Å². The second kappa shape index (κ2) is 6.69. The molecule has 0 bridgehead atoms. The van der Waals surface area contributed by atoms with E-state index in [0.717, 1.165) is 0 Å². The second-order valence-electron chi connectivity index (χ2n) is 7.68. The van der Waals surface area contributed by atoms with E-state index in [1.54, 1.807) is 13.8 Å². The van der Waals surface area contributed by atoms with Gasteiger partial charge < -0.3 is 14.9 Å². The standard InChI is InChI=1S/C24H20O6/c1-4-5-9-24(3)17(26)11-16(30-24)18-12(2)10-14-20(22(18)28)23(29)19-13(21(14)27)7-6-8-15(19)25/h4-8,10-11,25,28H,9H2,1-3H3/b5-4+/t24-/m1/s1. The molecule has 30 heavy (non-hydrogen) atoms. The van der Waals surface area contributed by atoms with Crippen LogP contribution in [0.25, 0.3) is 5.76 Å². The molecular formula is C24H20O6. The summed E-state index contributed by atoms with van der Waals surface area (Å²) >= 11 is 0. The third-order valence-corrected chi connectivity index (χ3v) is 5.59. The molecule has 6 nitrogen and oxygen atoms in total. The number of aryl methyl sites for hydroxylation is 1. The van der Waals surface area contributed by atoms with Gasteiger partial charge in [-0.25, -0.2) is 0 Å². The quantitative estimate of drug-likeness (QED) is 0.643. The zero-order valence-electron chi connectivity index (χ0n) is 16.8. The monoisotopic (exact) mass is 404 g/mol. The van der Waals surface area contributed by atoms with E-state index >= 15 is 0 Å². The van der Waals surface area contributed by atoms with Crippen molar-refractivity contribution in [2.75, 3.05) is 0 Å². The van der Waals surface area contributed by atoms with E-state index < -0.39 is 22.9 Å². The lowest BCUT2D eigenvalue weighted by Gasteiger charge is -2.25. The van der Waals surface area contributed by atoms with Crippen LogP contribution in [0.1, 0.15) is 63.2 Å². The van der Waals surface area contributed by atoms with Gasteiger partial charge in [0.05, 0.1) is 16.7 Å². The van der Waals surface area contributed by atoms with Crippen molar-refractivity contribution in [3.63, 3.8) is 0 Å². The number of aromatic hydroxyl groups is 2. The molecule has 0 spiro atoms. The van der Waals surface area contributed by atoms with Crippen molar-refractivity contribution in [1.82, 2.24) is 0 Å². The summed E-state index contributed by atoms with van der Waals surface area (Å²) in [6.45, 7) is 5.17. The van der Waals surface area contributed by atoms with Gasteiger partial charge in [0.15, 0.2) is 11.4 Å². The number of carbonyl (C=O) groups excluding carboxylic acids is 3. The van der Waals surface area contributed by atoms with Crippen molar-refractivity contribution >= 4 is 23.1 Å². The molecule has 1 aliphatic heterocycles. The van der Waals surface area contributed by atoms with E-state index in [2.05, 4.69) is 0 Å². The smallest absolute Gasteiger partial charge is 0.202 e. The molecule has 1 atom stereocenters. The molecule has 0 amide bonds. The van der Waals surface area contributed by atoms with Crippen LogP contribution in [0, 0.1) is 6.92 Å². The highest BCUT2D eigenvalue weighted by molar-refractivity contribution is 6.30. The normalized spacial score (nSPS) is 20.2. The molecule has 0 unspecified atom stereocenters. The average Bonchev–Trinajstić information content (AvgIpc) is 2.98. The van der Waals surface area contributed by atoms with E-state index in [1.165, 1.54) is 30.3 Å². The minimum absolute atomic E-state index is 0.0541. The van der Waals surface area contributed by atoms with Crippen molar-refractivity contribution in [3.8, 4) is 11.5 Å². The molecule has 0 fully saturated rings. The summed E-state index contributed by atoms with van der Waals surface area (Å²) in [5.74, 6) is -1.99. The third-order valence-electron chi connectivity index (χ3n) is 5.59. The highest BCUT2D eigenvalue weighted by Gasteiger charge is 2.42. The third kappa shape index (κ3) is 2.68. The van der Waals surface area contributed by atoms with Crippen LogP contribution in [0.5, 0.6) is 11.5 Å². The summed E-state index contributed by atoms with van der Waals surface area (Å²) < 4.78 is 5.91. The zero-order chi connectivity index (χ0) is 21.8. The number of fused-ring (bicyclic) bond motifs is 2. The molecule has 4 rings (SSSR count). The summed E-state index contributed by atoms with van der Waals surface area (Å²) in [5.41, 5.74) is -0.634. The number of benzene rings is 2. The van der Waals surface area contributed by atoms with Crippen LogP contribution in [0.3, 0.4) is 0 Å². The molecule has 2 aromatic rings. The maximum absolute atomic E-state index is 13.1. The van der Waals surface area contributed by atoms with Gasteiger partial charge in [0.1, 0.15) is 17.3 Å². The molecule has 2 N–H and O–H groups in total. The topological polar surface area (TPSA) is 101 Å². The molecule has 2 aliphatic rings. The maximum atomic E-state index is 13.1. The number of hydrogen-bond donors (Lipinski definition) is 2. The van der Waals surface area contributed by atoms with E-state index in [0.29, 0.717) is 12.0 Å². The van der Waals surface area contributed by atoms with Crippen molar-refractivity contribution in [2.24, 2.45) is 0 Å². The summed E-state index contributed by atoms with van der Waals surface area (Å²) in [6, 6.07) is 5.77. The maximum Gasteiger partial charge on any atom is 0.202 e. The van der Waals surface area contributed by atoms with Gasteiger partial charge >= 0.3 is 0 Å². The van der Waals surface area contributed by atoms with Crippen LogP contribution in [0.15, 0.2) is 42.5 Å². The molecule has 0 saturated carbocycles. The number of allylic oxidation sites excluding steroid dienone is 1. The lowest BCUT2D eigenvalue weighted by molar-refractivity contribution is -0.126. The number of hydrogen-bond acceptors (Lipinski definition) is 6. The number of carbonyl (C=O) groups is 3. The fourth-order valence-corrected chi connectivity index (χ4v) is 3.96. The number of phenolic OH excluding ortho intramolecular Hbond substituents is 2. The highest BCUT2D eigenvalue weighted by atomic mass is 16.5. The summed E-state index contributed by atoms with van der Waals surface area (Å²) in [6.07, 6.45) is 5.29. The Morgan fingerprint density at radius 2 is 1.77 bits per heavy atom. The minimum atomic E-state index is -1.11. The van der Waals surface area contributed by atoms with Crippen LogP contribution >= 0.6 is 0 Å². The Morgan fingerprint density at radius 3 is 2.47 bits per heavy atom. The Labute approximate surface area is 173 Å². The van der Waals surface area contributed by atoms with E-state index in [9.17, 15) is 24.6 Å². The fraction of sp³-hybridized carbons (Fsp3) is 0.208. The molecule has 1 aliphatic carbocycles. The Bertz CT molecular complexity index is 1200. The molecule has 0 radical (unpaired) electrons. The molecule has 1 heterocycles. The fourth-order valence-electron chi connectivity index (χ4n) is 3.96. The second-order valence-corrected chi connectivity index (χ2v) is 7.68. The first-order valence-electron chi connectivity index (χ1n) is 9.54. The van der Waals surface area contributed by atoms with Crippen LogP contribution in [-0.2, 0) is 9.53 Å². The molecule has 6 heteroatoms. The van der Waals surface area contributed by atoms with Crippen LogP contribution in [0.2, 0.25) is 0 Å². The summed E-state index contributed by atoms with van der Waals surface area (Å²) in [7, 11) is 0. The number of rotatable bonds is 3. The van der Waals surface area contributed by atoms with Gasteiger partial charge in [-0.05, 0) is 38.5 Å². The van der Waals surface area contributed by atoms with Crippen molar-refractivity contribution in [2.45, 2.75) is 32.8 Å². The van der Waals surface area contributed by atoms with Gasteiger partial charge in [0, 0.05) is 23.6 Å². The predicted molar refractivity (Wildman–Crippen MR) is 110 cm³/mol. The van der Waals surface area contributed by atoms with Crippen LogP contribution in [-0.4, -0.2) is 33.2 Å². The molecule has 152 valence electrons. The van der Waals surface area contributed by atoms with Gasteiger partial charge in [0.25, 0.3) is 0 Å². The SMILES string of the molecule is C/C=C/C[C@@]1(C)OC(c2c(C)cc3c(c2O)C(=O)c2c(O)cccc2C3=O)=CC1=O. The van der Waals surface area contributed by atoms with Gasteiger partial charge in [-0.1, -0.05) is 24.3 Å². The van der Waals surface area contributed by atoms with Crippen molar-refractivity contribution in [1.29, 1.82) is 0 Å². The number of phenols is 2. The van der Waals surface area contributed by atoms with Crippen LogP contribution < -0.4 is 0 Å². The average molecular weight is 404 g/mol. The predicted octanol–water partition coefficient (Wildman–Crippen LogP) is 3.85. The lowest BCUT2D eigenvalue weighted by Crippen LogP contribution is -2.31. The Kier molecular flexibility index (Phi) is 4.38. The van der Waals surface area contributed by atoms with Crippen molar-refractivity contribution in [3.05, 3.63) is 75.9 Å². The first kappa shape index (κ1) is 19.6. The first-order valence-corrected chi connectivity index (χ1v) is 9.54. The van der Waals surface area contributed by atoms with E-state index in [1.807, 2.05) is 19.1 Å². The van der Waals surface area contributed by atoms with E-state index in [4.69, 9.17) is 4.74 Å². The number of ketones is 3. The van der Waals surface area contributed by atoms with Gasteiger partial charge in [0.2, 0.25) is 11.6 Å². The molecule has 0 saturated heterocycles. The van der Waals surface area contributed by atoms with E-state index in [-0.39, 0.29) is 45.1 Å². The molecule has 0 aromatic heterocycles. The van der Waals surface area contributed by atoms with Gasteiger partial charge in [-0.2, -0.15) is 0 Å². The minimum Gasteiger partial charge on any atom is -0.507 e. The van der Waals surface area contributed by atoms with Crippen LogP contribution in [0.4, 0.5) is 0 Å². The Hall–Kier alpha value is -3.67. The highest BCUT2D eigenvalue weighted by Crippen LogP contribution is 2.44. The molecule has 2 aromatic carbocycles. The zero-order valence-corrected chi connectivity index (χ0v) is 16.8. The summed E-state index contributed by atoms with van der Waals surface area (Å²) in [5, 5.41) is 21.2. The first-order chi connectivity index (χ1) is 14.2. The van der Waals surface area contributed by atoms with Crippen molar-refractivity contribution < 1.29 is 29.3 Å². The molecular weight excluding hydrogens is 384 g/mol. The summed E-state index contributed by atoms with van der Waals surface area (Å²) in [4.78, 5) is 38.6. The Balaban J connectivity index is 1.87. The lowest BCUT2D eigenvalue weighted by atomic mass is 9.81.